The fraction of sp³-hybridized carbons (Fsp3) is 0.150. The number of thiophene rings is 1. The standard InChI is InChI=1S/C20H18FNO2S/c1-24-19(16-3-2-4-18(21)11-16)12-22-20(23)15-7-5-14(6-8-15)17-9-10-25-13-17/h2-11,13,19H,12H2,1H3,(H,22,23)/t19-/m0/s1. The molecule has 2 aromatic carbocycles. The Labute approximate surface area is 150 Å². The monoisotopic (exact) mass is 355 g/mol. The summed E-state index contributed by atoms with van der Waals surface area (Å²) in [6, 6.07) is 15.7. The molecule has 0 aliphatic heterocycles. The molecule has 0 saturated carbocycles. The molecule has 3 rings (SSSR count). The van der Waals surface area contributed by atoms with Crippen LogP contribution in [0.15, 0.2) is 65.4 Å². The maximum absolute atomic E-state index is 13.3. The molecule has 1 heterocycles. The molecule has 0 fully saturated rings. The van der Waals surface area contributed by atoms with Crippen molar-refractivity contribution in [3.05, 3.63) is 82.3 Å². The predicted octanol–water partition coefficient (Wildman–Crippen LogP) is 4.67. The summed E-state index contributed by atoms with van der Waals surface area (Å²) in [6.07, 6.45) is -0.398. The van der Waals surface area contributed by atoms with Crippen LogP contribution in [-0.4, -0.2) is 19.6 Å². The molecule has 0 spiro atoms. The van der Waals surface area contributed by atoms with Crippen LogP contribution in [0.4, 0.5) is 4.39 Å². The highest BCUT2D eigenvalue weighted by Crippen LogP contribution is 2.22. The van der Waals surface area contributed by atoms with E-state index in [1.807, 2.05) is 23.6 Å². The Morgan fingerprint density at radius 2 is 1.96 bits per heavy atom. The van der Waals surface area contributed by atoms with Crippen LogP contribution in [-0.2, 0) is 4.74 Å². The summed E-state index contributed by atoms with van der Waals surface area (Å²) in [7, 11) is 1.54. The van der Waals surface area contributed by atoms with Crippen molar-refractivity contribution in [2.75, 3.05) is 13.7 Å². The van der Waals surface area contributed by atoms with E-state index in [1.165, 1.54) is 19.2 Å². The lowest BCUT2D eigenvalue weighted by Crippen LogP contribution is -2.29. The molecule has 25 heavy (non-hydrogen) atoms. The summed E-state index contributed by atoms with van der Waals surface area (Å²) in [5, 5.41) is 6.93. The largest absolute Gasteiger partial charge is 0.375 e. The molecule has 1 atom stereocenters. The molecule has 1 N–H and O–H groups in total. The average molecular weight is 355 g/mol. The molecule has 3 aromatic rings. The predicted molar refractivity (Wildman–Crippen MR) is 98.2 cm³/mol. The molecule has 0 aliphatic carbocycles. The van der Waals surface area contributed by atoms with Crippen LogP contribution >= 0.6 is 11.3 Å². The van der Waals surface area contributed by atoms with Gasteiger partial charge in [0.25, 0.3) is 5.91 Å². The third-order valence-corrected chi connectivity index (χ3v) is 4.64. The van der Waals surface area contributed by atoms with Crippen molar-refractivity contribution in [3.8, 4) is 11.1 Å². The van der Waals surface area contributed by atoms with Gasteiger partial charge in [0.05, 0.1) is 6.10 Å². The lowest BCUT2D eigenvalue weighted by molar-refractivity contribution is 0.0827. The molecule has 3 nitrogen and oxygen atoms in total. The van der Waals surface area contributed by atoms with Gasteiger partial charge in [-0.1, -0.05) is 24.3 Å². The number of ether oxygens (including phenoxy) is 1. The van der Waals surface area contributed by atoms with Crippen LogP contribution in [0, 0.1) is 5.82 Å². The van der Waals surface area contributed by atoms with Gasteiger partial charge in [0.2, 0.25) is 0 Å². The minimum atomic E-state index is -0.398. The summed E-state index contributed by atoms with van der Waals surface area (Å²) in [6.45, 7) is 0.269. The van der Waals surface area contributed by atoms with Gasteiger partial charge in [-0.3, -0.25) is 4.79 Å². The fourth-order valence-electron chi connectivity index (χ4n) is 2.57. The van der Waals surface area contributed by atoms with Gasteiger partial charge in [-0.2, -0.15) is 11.3 Å². The van der Waals surface area contributed by atoms with Gasteiger partial charge in [0, 0.05) is 19.2 Å². The van der Waals surface area contributed by atoms with Crippen molar-refractivity contribution in [3.63, 3.8) is 0 Å². The number of amides is 1. The minimum absolute atomic E-state index is 0.185. The number of rotatable bonds is 6. The number of hydrogen-bond donors (Lipinski definition) is 1. The first kappa shape index (κ1) is 17.3. The topological polar surface area (TPSA) is 38.3 Å². The first-order valence-corrected chi connectivity index (χ1v) is 8.81. The van der Waals surface area contributed by atoms with E-state index < -0.39 is 6.10 Å². The molecule has 128 valence electrons. The molecular formula is C20H18FNO2S. The zero-order chi connectivity index (χ0) is 17.6. The third-order valence-electron chi connectivity index (χ3n) is 3.95. The van der Waals surface area contributed by atoms with Crippen LogP contribution in [0.25, 0.3) is 11.1 Å². The van der Waals surface area contributed by atoms with E-state index in [0.717, 1.165) is 11.1 Å². The summed E-state index contributed by atoms with van der Waals surface area (Å²) in [4.78, 5) is 12.3. The second-order valence-electron chi connectivity index (χ2n) is 5.58. The van der Waals surface area contributed by atoms with E-state index in [1.54, 1.807) is 35.6 Å². The Hall–Kier alpha value is -2.50. The van der Waals surface area contributed by atoms with Crippen LogP contribution in [0.5, 0.6) is 0 Å². The van der Waals surface area contributed by atoms with E-state index in [9.17, 15) is 9.18 Å². The first-order valence-electron chi connectivity index (χ1n) is 7.86. The van der Waals surface area contributed by atoms with Gasteiger partial charge in [0.1, 0.15) is 5.82 Å². The van der Waals surface area contributed by atoms with E-state index in [0.29, 0.717) is 11.1 Å². The smallest absolute Gasteiger partial charge is 0.251 e. The normalized spacial score (nSPS) is 11.9. The third kappa shape index (κ3) is 4.32. The molecule has 0 radical (unpaired) electrons. The number of methoxy groups -OCH3 is 1. The summed E-state index contributed by atoms with van der Waals surface area (Å²) in [5.74, 6) is -0.509. The number of benzene rings is 2. The molecule has 0 unspecified atom stereocenters. The summed E-state index contributed by atoms with van der Waals surface area (Å²) >= 11 is 1.64. The van der Waals surface area contributed by atoms with Gasteiger partial charge < -0.3 is 10.1 Å². The van der Waals surface area contributed by atoms with Crippen LogP contribution in [0.1, 0.15) is 22.0 Å². The van der Waals surface area contributed by atoms with E-state index in [2.05, 4.69) is 10.7 Å². The number of hydrogen-bond acceptors (Lipinski definition) is 3. The SMILES string of the molecule is CO[C@@H](CNC(=O)c1ccc(-c2ccsc2)cc1)c1cccc(F)c1. The van der Waals surface area contributed by atoms with Crippen LogP contribution in [0.3, 0.4) is 0 Å². The second kappa shape index (κ2) is 8.05. The number of carbonyl (C=O) groups excluding carboxylic acids is 1. The maximum atomic E-state index is 13.3. The average Bonchev–Trinajstić information content (AvgIpc) is 3.17. The Morgan fingerprint density at radius 1 is 1.16 bits per heavy atom. The Bertz CT molecular complexity index is 831. The quantitative estimate of drug-likeness (QED) is 0.698. The van der Waals surface area contributed by atoms with Crippen molar-refractivity contribution < 1.29 is 13.9 Å². The molecular weight excluding hydrogens is 337 g/mol. The van der Waals surface area contributed by atoms with Crippen molar-refractivity contribution in [1.29, 1.82) is 0 Å². The van der Waals surface area contributed by atoms with Crippen molar-refractivity contribution in [1.82, 2.24) is 5.32 Å². The van der Waals surface area contributed by atoms with E-state index >= 15 is 0 Å². The molecule has 1 aromatic heterocycles. The van der Waals surface area contributed by atoms with Crippen molar-refractivity contribution >= 4 is 17.2 Å². The number of nitrogens with one attached hydrogen (secondary N) is 1. The van der Waals surface area contributed by atoms with Gasteiger partial charge in [-0.15, -0.1) is 0 Å². The van der Waals surface area contributed by atoms with Crippen molar-refractivity contribution in [2.45, 2.75) is 6.10 Å². The van der Waals surface area contributed by atoms with Gasteiger partial charge >= 0.3 is 0 Å². The maximum Gasteiger partial charge on any atom is 0.251 e. The minimum Gasteiger partial charge on any atom is -0.375 e. The highest BCUT2D eigenvalue weighted by Gasteiger charge is 2.14. The molecule has 0 bridgehead atoms. The van der Waals surface area contributed by atoms with E-state index in [4.69, 9.17) is 4.74 Å². The van der Waals surface area contributed by atoms with Crippen LogP contribution < -0.4 is 5.32 Å². The summed E-state index contributed by atoms with van der Waals surface area (Å²) in [5.41, 5.74) is 3.48. The number of halogens is 1. The molecule has 1 amide bonds. The molecule has 0 saturated heterocycles. The molecule has 5 heteroatoms. The Morgan fingerprint density at radius 3 is 2.60 bits per heavy atom. The lowest BCUT2D eigenvalue weighted by atomic mass is 10.1. The number of carbonyl (C=O) groups is 1. The highest BCUT2D eigenvalue weighted by atomic mass is 32.1. The van der Waals surface area contributed by atoms with E-state index in [-0.39, 0.29) is 18.3 Å². The lowest BCUT2D eigenvalue weighted by Gasteiger charge is -2.16. The molecule has 0 aliphatic rings. The Balaban J connectivity index is 1.63. The second-order valence-corrected chi connectivity index (χ2v) is 6.36. The Kier molecular flexibility index (Phi) is 5.58. The van der Waals surface area contributed by atoms with Gasteiger partial charge in [-0.25, -0.2) is 4.39 Å². The van der Waals surface area contributed by atoms with Crippen molar-refractivity contribution in [2.24, 2.45) is 0 Å². The fourth-order valence-corrected chi connectivity index (χ4v) is 3.24. The zero-order valence-corrected chi connectivity index (χ0v) is 14.6. The zero-order valence-electron chi connectivity index (χ0n) is 13.7. The van der Waals surface area contributed by atoms with Gasteiger partial charge in [-0.05, 0) is 57.8 Å². The van der Waals surface area contributed by atoms with Gasteiger partial charge in [0.15, 0.2) is 0 Å². The summed E-state index contributed by atoms with van der Waals surface area (Å²) < 4.78 is 18.7. The first-order chi connectivity index (χ1) is 12.2. The van der Waals surface area contributed by atoms with Crippen LogP contribution in [0.2, 0.25) is 0 Å². The highest BCUT2D eigenvalue weighted by molar-refractivity contribution is 7.08.